The molecule has 0 spiro atoms. The van der Waals surface area contributed by atoms with Gasteiger partial charge in [-0.1, -0.05) is 6.92 Å². The molecule has 0 saturated heterocycles. The van der Waals surface area contributed by atoms with Crippen molar-refractivity contribution in [3.63, 3.8) is 0 Å². The fraction of sp³-hybridized carbons (Fsp3) is 1.00. The van der Waals surface area contributed by atoms with Crippen LogP contribution in [0.5, 0.6) is 0 Å². The van der Waals surface area contributed by atoms with Crippen LogP contribution in [-0.2, 0) is 0 Å². The summed E-state index contributed by atoms with van der Waals surface area (Å²) < 4.78 is 0. The SMILES string of the molecule is CC1CCC1NCC1CCC(O)C1. The molecule has 0 radical (unpaired) electrons. The highest BCUT2D eigenvalue weighted by Crippen LogP contribution is 2.28. The van der Waals surface area contributed by atoms with Gasteiger partial charge in [0.15, 0.2) is 0 Å². The molecule has 2 fully saturated rings. The zero-order chi connectivity index (χ0) is 9.26. The van der Waals surface area contributed by atoms with Crippen molar-refractivity contribution < 1.29 is 5.11 Å². The number of aliphatic hydroxyl groups excluding tert-OH is 1. The third-order valence-corrected chi connectivity index (χ3v) is 3.80. The van der Waals surface area contributed by atoms with Crippen LogP contribution in [0.1, 0.15) is 39.0 Å². The summed E-state index contributed by atoms with van der Waals surface area (Å²) in [6, 6.07) is 0.776. The molecule has 0 aromatic rings. The molecule has 2 aliphatic carbocycles. The van der Waals surface area contributed by atoms with Gasteiger partial charge < -0.3 is 10.4 Å². The second-order valence-corrected chi connectivity index (χ2v) is 4.90. The average molecular weight is 183 g/mol. The Hall–Kier alpha value is -0.0800. The topological polar surface area (TPSA) is 32.3 Å². The molecule has 76 valence electrons. The quantitative estimate of drug-likeness (QED) is 0.695. The van der Waals surface area contributed by atoms with Crippen LogP contribution in [0.15, 0.2) is 0 Å². The lowest BCUT2D eigenvalue weighted by Crippen LogP contribution is -2.44. The van der Waals surface area contributed by atoms with Crippen LogP contribution in [0.2, 0.25) is 0 Å². The number of hydrogen-bond acceptors (Lipinski definition) is 2. The van der Waals surface area contributed by atoms with E-state index >= 15 is 0 Å². The molecule has 0 heterocycles. The maximum atomic E-state index is 9.36. The highest BCUT2D eigenvalue weighted by molar-refractivity contribution is 4.85. The van der Waals surface area contributed by atoms with Gasteiger partial charge in [-0.05, 0) is 50.5 Å². The predicted octanol–water partition coefficient (Wildman–Crippen LogP) is 1.54. The number of nitrogens with one attached hydrogen (secondary N) is 1. The lowest BCUT2D eigenvalue weighted by Gasteiger charge is -2.35. The van der Waals surface area contributed by atoms with E-state index in [9.17, 15) is 5.11 Å². The summed E-state index contributed by atoms with van der Waals surface area (Å²) in [5.41, 5.74) is 0. The van der Waals surface area contributed by atoms with E-state index in [1.807, 2.05) is 0 Å². The molecule has 0 bridgehead atoms. The van der Waals surface area contributed by atoms with Gasteiger partial charge in [-0.15, -0.1) is 0 Å². The predicted molar refractivity (Wildman–Crippen MR) is 53.5 cm³/mol. The fourth-order valence-corrected chi connectivity index (χ4v) is 2.52. The van der Waals surface area contributed by atoms with Gasteiger partial charge in [0.25, 0.3) is 0 Å². The second-order valence-electron chi connectivity index (χ2n) is 4.90. The van der Waals surface area contributed by atoms with Crippen LogP contribution in [0, 0.1) is 11.8 Å². The molecule has 0 aromatic carbocycles. The van der Waals surface area contributed by atoms with Gasteiger partial charge in [-0.2, -0.15) is 0 Å². The standard InChI is InChI=1S/C11H21NO/c1-8-2-5-11(8)12-7-9-3-4-10(13)6-9/h8-13H,2-7H2,1H3. The summed E-state index contributed by atoms with van der Waals surface area (Å²) in [5, 5.41) is 13.0. The Labute approximate surface area is 80.7 Å². The molecule has 4 unspecified atom stereocenters. The van der Waals surface area contributed by atoms with E-state index in [0.717, 1.165) is 37.3 Å². The van der Waals surface area contributed by atoms with Crippen LogP contribution in [0.3, 0.4) is 0 Å². The molecule has 2 aliphatic rings. The Bertz CT molecular complexity index is 171. The van der Waals surface area contributed by atoms with Crippen molar-refractivity contribution in [2.45, 2.75) is 51.2 Å². The highest BCUT2D eigenvalue weighted by atomic mass is 16.3. The first-order valence-corrected chi connectivity index (χ1v) is 5.67. The van der Waals surface area contributed by atoms with Gasteiger partial charge in [-0.3, -0.25) is 0 Å². The molecular weight excluding hydrogens is 162 g/mol. The highest BCUT2D eigenvalue weighted by Gasteiger charge is 2.28. The Morgan fingerprint density at radius 1 is 1.23 bits per heavy atom. The summed E-state index contributed by atoms with van der Waals surface area (Å²) in [6.07, 6.45) is 6.00. The monoisotopic (exact) mass is 183 g/mol. The molecule has 2 saturated carbocycles. The first kappa shape index (κ1) is 9.47. The van der Waals surface area contributed by atoms with E-state index in [1.54, 1.807) is 0 Å². The minimum atomic E-state index is -0.00869. The Balaban J connectivity index is 1.62. The zero-order valence-corrected chi connectivity index (χ0v) is 8.50. The third kappa shape index (κ3) is 2.23. The number of aliphatic hydroxyl groups is 1. The molecule has 0 aliphatic heterocycles. The summed E-state index contributed by atoms with van der Waals surface area (Å²) in [6.45, 7) is 3.46. The molecule has 13 heavy (non-hydrogen) atoms. The molecule has 0 aromatic heterocycles. The Kier molecular flexibility index (Phi) is 2.89. The van der Waals surface area contributed by atoms with Crippen LogP contribution in [0.4, 0.5) is 0 Å². The van der Waals surface area contributed by atoms with Gasteiger partial charge in [0.05, 0.1) is 6.10 Å². The van der Waals surface area contributed by atoms with E-state index in [0.29, 0.717) is 0 Å². The summed E-state index contributed by atoms with van der Waals surface area (Å²) >= 11 is 0. The summed E-state index contributed by atoms with van der Waals surface area (Å²) in [7, 11) is 0. The molecule has 2 heteroatoms. The molecule has 4 atom stereocenters. The third-order valence-electron chi connectivity index (χ3n) is 3.80. The van der Waals surface area contributed by atoms with Crippen LogP contribution in [0.25, 0.3) is 0 Å². The number of hydrogen-bond donors (Lipinski definition) is 2. The largest absolute Gasteiger partial charge is 0.393 e. The molecule has 2 N–H and O–H groups in total. The maximum absolute atomic E-state index is 9.36. The van der Waals surface area contributed by atoms with Crippen molar-refractivity contribution in [1.29, 1.82) is 0 Å². The van der Waals surface area contributed by atoms with E-state index in [1.165, 1.54) is 19.3 Å². The van der Waals surface area contributed by atoms with Crippen LogP contribution in [-0.4, -0.2) is 23.8 Å². The molecule has 2 rings (SSSR count). The van der Waals surface area contributed by atoms with Crippen molar-refractivity contribution in [1.82, 2.24) is 5.32 Å². The van der Waals surface area contributed by atoms with E-state index < -0.39 is 0 Å². The van der Waals surface area contributed by atoms with Gasteiger partial charge in [0.1, 0.15) is 0 Å². The van der Waals surface area contributed by atoms with Crippen molar-refractivity contribution in [3.8, 4) is 0 Å². The van der Waals surface area contributed by atoms with Crippen molar-refractivity contribution >= 4 is 0 Å². The first-order chi connectivity index (χ1) is 6.25. The van der Waals surface area contributed by atoms with Crippen molar-refractivity contribution in [3.05, 3.63) is 0 Å². The average Bonchev–Trinajstić information content (AvgIpc) is 2.49. The van der Waals surface area contributed by atoms with E-state index in [2.05, 4.69) is 12.2 Å². The molecular formula is C11H21NO. The van der Waals surface area contributed by atoms with E-state index in [4.69, 9.17) is 0 Å². The van der Waals surface area contributed by atoms with Gasteiger partial charge in [-0.25, -0.2) is 0 Å². The van der Waals surface area contributed by atoms with Crippen LogP contribution >= 0.6 is 0 Å². The lowest BCUT2D eigenvalue weighted by atomic mass is 9.81. The van der Waals surface area contributed by atoms with E-state index in [-0.39, 0.29) is 6.10 Å². The molecule has 0 amide bonds. The molecule has 2 nitrogen and oxygen atoms in total. The minimum Gasteiger partial charge on any atom is -0.393 e. The zero-order valence-electron chi connectivity index (χ0n) is 8.50. The number of rotatable bonds is 3. The fourth-order valence-electron chi connectivity index (χ4n) is 2.52. The normalized spacial score (nSPS) is 44.8. The lowest BCUT2D eigenvalue weighted by molar-refractivity contribution is 0.173. The first-order valence-electron chi connectivity index (χ1n) is 5.67. The summed E-state index contributed by atoms with van der Waals surface area (Å²) in [4.78, 5) is 0. The van der Waals surface area contributed by atoms with Gasteiger partial charge in [0, 0.05) is 6.04 Å². The van der Waals surface area contributed by atoms with Gasteiger partial charge in [0.2, 0.25) is 0 Å². The van der Waals surface area contributed by atoms with Crippen molar-refractivity contribution in [2.24, 2.45) is 11.8 Å². The van der Waals surface area contributed by atoms with Crippen LogP contribution < -0.4 is 5.32 Å². The van der Waals surface area contributed by atoms with Crippen molar-refractivity contribution in [2.75, 3.05) is 6.54 Å². The Morgan fingerprint density at radius 3 is 2.54 bits per heavy atom. The maximum Gasteiger partial charge on any atom is 0.0543 e. The summed E-state index contributed by atoms with van der Waals surface area (Å²) in [5.74, 6) is 1.62. The van der Waals surface area contributed by atoms with Gasteiger partial charge >= 0.3 is 0 Å². The second kappa shape index (κ2) is 3.97. The minimum absolute atomic E-state index is 0.00869. The Morgan fingerprint density at radius 2 is 2.08 bits per heavy atom. The smallest absolute Gasteiger partial charge is 0.0543 e.